The molecule has 0 aliphatic heterocycles. The molecule has 3 rings (SSSR count). The second-order valence-corrected chi connectivity index (χ2v) is 10.9. The highest BCUT2D eigenvalue weighted by molar-refractivity contribution is 7.90. The third-order valence-corrected chi connectivity index (χ3v) is 7.13. The average Bonchev–Trinajstić information content (AvgIpc) is 3.11. The molecule has 0 bridgehead atoms. The summed E-state index contributed by atoms with van der Waals surface area (Å²) in [6, 6.07) is 10.4. The maximum absolute atomic E-state index is 13.5. The van der Waals surface area contributed by atoms with Gasteiger partial charge < -0.3 is 10.4 Å². The fourth-order valence-electron chi connectivity index (χ4n) is 3.68. The lowest BCUT2D eigenvalue weighted by atomic mass is 9.83. The van der Waals surface area contributed by atoms with Gasteiger partial charge in [0.05, 0.1) is 5.69 Å². The van der Waals surface area contributed by atoms with Crippen molar-refractivity contribution < 1.29 is 18.3 Å². The summed E-state index contributed by atoms with van der Waals surface area (Å²) in [6.45, 7) is 9.77. The molecule has 2 aromatic heterocycles. The highest BCUT2D eigenvalue weighted by Crippen LogP contribution is 2.32. The summed E-state index contributed by atoms with van der Waals surface area (Å²) in [5.41, 5.74) is 3.73. The molecule has 8 heteroatoms. The van der Waals surface area contributed by atoms with E-state index in [9.17, 15) is 18.3 Å². The van der Waals surface area contributed by atoms with Crippen LogP contribution in [0.2, 0.25) is 0 Å². The maximum Gasteiger partial charge on any atom is 0.404 e. The first kappa shape index (κ1) is 23.5. The van der Waals surface area contributed by atoms with Crippen LogP contribution in [0.25, 0.3) is 11.3 Å². The fourth-order valence-corrected chi connectivity index (χ4v) is 5.03. The third kappa shape index (κ3) is 5.02. The Morgan fingerprint density at radius 3 is 2.47 bits per heavy atom. The molecule has 2 N–H and O–H groups in total. The normalized spacial score (nSPS) is 13.0. The first-order valence-electron chi connectivity index (χ1n) is 10.3. The summed E-state index contributed by atoms with van der Waals surface area (Å²) in [4.78, 5) is 15.4. The minimum absolute atomic E-state index is 0.0872. The molecule has 32 heavy (non-hydrogen) atoms. The third-order valence-electron chi connectivity index (χ3n) is 5.47. The number of carbonyl (C=O) groups is 1. The van der Waals surface area contributed by atoms with Crippen LogP contribution in [0.3, 0.4) is 0 Å². The molecule has 0 saturated heterocycles. The summed E-state index contributed by atoms with van der Waals surface area (Å²) in [7, 11) is -3.90. The van der Waals surface area contributed by atoms with E-state index in [1.54, 1.807) is 12.3 Å². The monoisotopic (exact) mass is 455 g/mol. The molecule has 3 aromatic rings. The number of amides is 1. The zero-order valence-corrected chi connectivity index (χ0v) is 19.8. The van der Waals surface area contributed by atoms with Crippen molar-refractivity contribution in [3.8, 4) is 11.3 Å². The molecule has 1 amide bonds. The van der Waals surface area contributed by atoms with E-state index in [1.807, 2.05) is 58.9 Å². The van der Waals surface area contributed by atoms with Crippen molar-refractivity contribution in [2.75, 3.05) is 0 Å². The number of hydrogen-bond donors (Lipinski definition) is 2. The number of nitrogens with zero attached hydrogens (tertiary/aromatic N) is 2. The van der Waals surface area contributed by atoms with Gasteiger partial charge in [0.15, 0.2) is 0 Å². The second kappa shape index (κ2) is 8.78. The van der Waals surface area contributed by atoms with Crippen LogP contribution < -0.4 is 5.32 Å². The topological polar surface area (TPSA) is 101 Å². The lowest BCUT2D eigenvalue weighted by Gasteiger charge is -2.30. The van der Waals surface area contributed by atoms with Crippen LogP contribution in [0, 0.1) is 19.3 Å². The standard InChI is InChI=1S/C24H29N3O4S/c1-16-8-9-20(17(2)11-16)21-12-18(13-22(24(3,4)5)26-23(28)29)15-27(21)32(30,31)19-7-6-10-25-14-19/h6-12,14-15,22,26H,13H2,1-5H3,(H,28,29). The van der Waals surface area contributed by atoms with E-state index in [2.05, 4.69) is 10.3 Å². The Morgan fingerprint density at radius 2 is 1.91 bits per heavy atom. The first-order chi connectivity index (χ1) is 14.9. The Hall–Kier alpha value is -3.13. The predicted octanol–water partition coefficient (Wildman–Crippen LogP) is 4.63. The second-order valence-electron chi connectivity index (χ2n) is 9.11. The van der Waals surface area contributed by atoms with Crippen LogP contribution in [0.4, 0.5) is 4.79 Å². The molecule has 1 aromatic carbocycles. The van der Waals surface area contributed by atoms with Crippen LogP contribution in [0.15, 0.2) is 59.9 Å². The molecule has 1 unspecified atom stereocenters. The minimum Gasteiger partial charge on any atom is -0.465 e. The van der Waals surface area contributed by atoms with E-state index in [-0.39, 0.29) is 10.3 Å². The number of hydrogen-bond acceptors (Lipinski definition) is 4. The summed E-state index contributed by atoms with van der Waals surface area (Å²) >= 11 is 0. The number of aryl methyl sites for hydroxylation is 2. The van der Waals surface area contributed by atoms with Gasteiger partial charge in [0.25, 0.3) is 10.0 Å². The fraction of sp³-hybridized carbons (Fsp3) is 0.333. The SMILES string of the molecule is Cc1ccc(-c2cc(CC(NC(=O)O)C(C)(C)C)cn2S(=O)(=O)c2cccnc2)c(C)c1. The number of pyridine rings is 1. The van der Waals surface area contributed by atoms with Crippen LogP contribution in [-0.4, -0.2) is 34.6 Å². The van der Waals surface area contributed by atoms with Gasteiger partial charge in [0.2, 0.25) is 0 Å². The average molecular weight is 456 g/mol. The Bertz CT molecular complexity index is 1230. The predicted molar refractivity (Wildman–Crippen MR) is 124 cm³/mol. The largest absolute Gasteiger partial charge is 0.465 e. The lowest BCUT2D eigenvalue weighted by Crippen LogP contribution is -2.44. The molecule has 0 radical (unpaired) electrons. The van der Waals surface area contributed by atoms with Gasteiger partial charge in [0.1, 0.15) is 4.90 Å². The number of rotatable bonds is 6. The van der Waals surface area contributed by atoms with Crippen LogP contribution in [0.1, 0.15) is 37.5 Å². The van der Waals surface area contributed by atoms with Gasteiger partial charge in [-0.1, -0.05) is 44.5 Å². The summed E-state index contributed by atoms with van der Waals surface area (Å²) < 4.78 is 28.3. The lowest BCUT2D eigenvalue weighted by molar-refractivity contribution is 0.174. The van der Waals surface area contributed by atoms with Crippen molar-refractivity contribution in [3.05, 3.63) is 71.7 Å². The summed E-state index contributed by atoms with van der Waals surface area (Å²) in [6.07, 6.45) is 3.67. The van der Waals surface area contributed by atoms with Gasteiger partial charge in [-0.05, 0) is 55.0 Å². The summed E-state index contributed by atoms with van der Waals surface area (Å²) in [5.74, 6) is 0. The van der Waals surface area contributed by atoms with Gasteiger partial charge in [-0.2, -0.15) is 0 Å². The van der Waals surface area contributed by atoms with Crippen molar-refractivity contribution >= 4 is 16.1 Å². The van der Waals surface area contributed by atoms with Crippen molar-refractivity contribution in [1.29, 1.82) is 0 Å². The van der Waals surface area contributed by atoms with Gasteiger partial charge in [-0.3, -0.25) is 4.98 Å². The minimum atomic E-state index is -3.90. The van der Waals surface area contributed by atoms with E-state index in [0.29, 0.717) is 12.1 Å². The molecule has 7 nitrogen and oxygen atoms in total. The van der Waals surface area contributed by atoms with E-state index in [0.717, 1.165) is 22.3 Å². The Kier molecular flexibility index (Phi) is 6.46. The van der Waals surface area contributed by atoms with E-state index >= 15 is 0 Å². The number of nitrogens with one attached hydrogen (secondary N) is 1. The van der Waals surface area contributed by atoms with Crippen LogP contribution in [0.5, 0.6) is 0 Å². The smallest absolute Gasteiger partial charge is 0.404 e. The number of benzene rings is 1. The molecule has 1 atom stereocenters. The van der Waals surface area contributed by atoms with E-state index in [1.165, 1.54) is 22.4 Å². The first-order valence-corrected chi connectivity index (χ1v) is 11.8. The van der Waals surface area contributed by atoms with E-state index < -0.39 is 22.2 Å². The van der Waals surface area contributed by atoms with Crippen LogP contribution in [-0.2, 0) is 16.4 Å². The number of aromatic nitrogens is 2. The number of carboxylic acid groups (broad SMARTS) is 1. The van der Waals surface area contributed by atoms with Gasteiger partial charge in [-0.25, -0.2) is 17.2 Å². The Morgan fingerprint density at radius 1 is 1.19 bits per heavy atom. The molecule has 0 saturated carbocycles. The summed E-state index contributed by atoms with van der Waals surface area (Å²) in [5, 5.41) is 11.9. The van der Waals surface area contributed by atoms with Crippen molar-refractivity contribution in [2.24, 2.45) is 5.41 Å². The van der Waals surface area contributed by atoms with Gasteiger partial charge in [0, 0.05) is 30.2 Å². The molecule has 0 aliphatic rings. The Labute approximate surface area is 189 Å². The van der Waals surface area contributed by atoms with Gasteiger partial charge in [-0.15, -0.1) is 0 Å². The zero-order chi connectivity index (χ0) is 23.7. The molecular formula is C24H29N3O4S. The zero-order valence-electron chi connectivity index (χ0n) is 19.0. The quantitative estimate of drug-likeness (QED) is 0.564. The molecule has 0 spiro atoms. The maximum atomic E-state index is 13.5. The van der Waals surface area contributed by atoms with Crippen LogP contribution >= 0.6 is 0 Å². The van der Waals surface area contributed by atoms with Crippen molar-refractivity contribution in [1.82, 2.24) is 14.3 Å². The molecule has 170 valence electrons. The van der Waals surface area contributed by atoms with Crippen molar-refractivity contribution in [2.45, 2.75) is 52.0 Å². The van der Waals surface area contributed by atoms with Crippen molar-refractivity contribution in [3.63, 3.8) is 0 Å². The molecule has 0 aliphatic carbocycles. The van der Waals surface area contributed by atoms with E-state index in [4.69, 9.17) is 0 Å². The Balaban J connectivity index is 2.17. The highest BCUT2D eigenvalue weighted by Gasteiger charge is 2.29. The molecule has 0 fully saturated rings. The highest BCUT2D eigenvalue weighted by atomic mass is 32.2. The molecular weight excluding hydrogens is 426 g/mol. The molecule has 2 heterocycles. The van der Waals surface area contributed by atoms with Gasteiger partial charge >= 0.3 is 6.09 Å².